The van der Waals surface area contributed by atoms with Crippen LogP contribution in [0.15, 0.2) is 36.9 Å². The average molecular weight is 310 g/mol. The fraction of sp³-hybridized carbons (Fsp3) is 0.500. The van der Waals surface area contributed by atoms with Gasteiger partial charge in [0.25, 0.3) is 0 Å². The molecule has 2 fully saturated rings. The predicted molar refractivity (Wildman–Crippen MR) is 87.0 cm³/mol. The Hall–Kier alpha value is -2.17. The van der Waals surface area contributed by atoms with Gasteiger partial charge in [-0.05, 0) is 37.8 Å². The molecule has 0 bridgehead atoms. The second-order valence-corrected chi connectivity index (χ2v) is 6.56. The first-order chi connectivity index (χ1) is 11.3. The summed E-state index contributed by atoms with van der Waals surface area (Å²) in [4.78, 5) is 23.8. The average Bonchev–Trinajstić information content (AvgIpc) is 3.36. The van der Waals surface area contributed by atoms with Gasteiger partial charge in [-0.3, -0.25) is 9.36 Å². The van der Waals surface area contributed by atoms with E-state index >= 15 is 0 Å². The molecule has 1 aliphatic carbocycles. The largest absolute Gasteiger partial charge is 0.334 e. The monoisotopic (exact) mass is 310 g/mol. The van der Waals surface area contributed by atoms with Gasteiger partial charge in [0.15, 0.2) is 0 Å². The van der Waals surface area contributed by atoms with Crippen LogP contribution in [-0.4, -0.2) is 31.9 Å². The van der Waals surface area contributed by atoms with Crippen molar-refractivity contribution in [2.75, 3.05) is 6.54 Å². The van der Waals surface area contributed by atoms with E-state index in [-0.39, 0.29) is 12.0 Å². The summed E-state index contributed by atoms with van der Waals surface area (Å²) in [5.74, 6) is 1.45. The van der Waals surface area contributed by atoms with Gasteiger partial charge in [-0.1, -0.05) is 18.9 Å². The van der Waals surface area contributed by atoms with Crippen molar-refractivity contribution in [3.05, 3.63) is 42.6 Å². The summed E-state index contributed by atoms with van der Waals surface area (Å²) in [6.45, 7) is 0.872. The van der Waals surface area contributed by atoms with E-state index in [1.54, 1.807) is 12.5 Å². The molecule has 23 heavy (non-hydrogen) atoms. The van der Waals surface area contributed by atoms with Gasteiger partial charge in [-0.25, -0.2) is 9.97 Å². The maximum atomic E-state index is 12.8. The number of imidazole rings is 1. The summed E-state index contributed by atoms with van der Waals surface area (Å²) in [5.41, 5.74) is 1.00. The van der Waals surface area contributed by atoms with E-state index in [9.17, 15) is 4.79 Å². The van der Waals surface area contributed by atoms with Crippen molar-refractivity contribution in [1.29, 1.82) is 0 Å². The van der Waals surface area contributed by atoms with Gasteiger partial charge in [0, 0.05) is 24.9 Å². The molecule has 2 aromatic rings. The molecule has 2 aromatic heterocycles. The van der Waals surface area contributed by atoms with Crippen molar-refractivity contribution in [1.82, 2.24) is 19.4 Å². The van der Waals surface area contributed by atoms with E-state index in [2.05, 4.69) is 9.88 Å². The molecule has 1 unspecified atom stereocenters. The molecule has 0 N–H and O–H groups in total. The standard InChI is InChI=1S/C18H22N4O/c23-18(14-5-1-2-6-14)22-11-4-8-16(22)15-7-3-9-17(20-15)21-12-10-19-13-21/h3,7,9-10,12-14,16H,1-2,4-6,8,11H2. The van der Waals surface area contributed by atoms with E-state index in [4.69, 9.17) is 4.98 Å². The van der Waals surface area contributed by atoms with Crippen LogP contribution in [0.5, 0.6) is 0 Å². The molecule has 3 heterocycles. The molecular formula is C18H22N4O. The molecule has 5 heteroatoms. The lowest BCUT2D eigenvalue weighted by atomic mass is 10.0. The zero-order chi connectivity index (χ0) is 15.6. The third kappa shape index (κ3) is 2.76. The Bertz CT molecular complexity index is 676. The van der Waals surface area contributed by atoms with E-state index in [1.807, 2.05) is 29.0 Å². The molecule has 1 saturated heterocycles. The first-order valence-electron chi connectivity index (χ1n) is 8.59. The maximum absolute atomic E-state index is 12.8. The lowest BCUT2D eigenvalue weighted by molar-refractivity contribution is -0.136. The molecule has 4 rings (SSSR count). The van der Waals surface area contributed by atoms with Crippen molar-refractivity contribution in [2.24, 2.45) is 5.92 Å². The van der Waals surface area contributed by atoms with Crippen LogP contribution in [0.3, 0.4) is 0 Å². The highest BCUT2D eigenvalue weighted by atomic mass is 16.2. The molecule has 0 spiro atoms. The highest BCUT2D eigenvalue weighted by Crippen LogP contribution is 2.35. The number of nitrogens with zero attached hydrogens (tertiary/aromatic N) is 4. The van der Waals surface area contributed by atoms with E-state index in [1.165, 1.54) is 12.8 Å². The van der Waals surface area contributed by atoms with Crippen LogP contribution >= 0.6 is 0 Å². The Kier molecular flexibility index (Phi) is 3.85. The second-order valence-electron chi connectivity index (χ2n) is 6.56. The molecule has 0 radical (unpaired) electrons. The molecule has 120 valence electrons. The zero-order valence-electron chi connectivity index (χ0n) is 13.3. The van der Waals surface area contributed by atoms with Crippen LogP contribution in [0.25, 0.3) is 5.82 Å². The molecule has 1 amide bonds. The zero-order valence-corrected chi connectivity index (χ0v) is 13.3. The van der Waals surface area contributed by atoms with E-state index in [0.717, 1.165) is 43.7 Å². The Morgan fingerprint density at radius 2 is 2.00 bits per heavy atom. The summed E-state index contributed by atoms with van der Waals surface area (Å²) < 4.78 is 1.90. The molecular weight excluding hydrogens is 288 g/mol. The fourth-order valence-corrected chi connectivity index (χ4v) is 3.91. The number of hydrogen-bond acceptors (Lipinski definition) is 3. The number of amides is 1. The van der Waals surface area contributed by atoms with E-state index in [0.29, 0.717) is 5.91 Å². The number of aromatic nitrogens is 3. The Labute approximate surface area is 136 Å². The van der Waals surface area contributed by atoms with Crippen LogP contribution < -0.4 is 0 Å². The number of rotatable bonds is 3. The normalized spacial score (nSPS) is 21.9. The van der Waals surface area contributed by atoms with Crippen molar-refractivity contribution in [3.8, 4) is 5.82 Å². The minimum atomic E-state index is 0.131. The fourth-order valence-electron chi connectivity index (χ4n) is 3.91. The summed E-state index contributed by atoms with van der Waals surface area (Å²) in [6.07, 6.45) is 12.0. The molecule has 2 aliphatic rings. The smallest absolute Gasteiger partial charge is 0.226 e. The number of carbonyl (C=O) groups excluding carboxylic acids is 1. The van der Waals surface area contributed by atoms with Crippen molar-refractivity contribution >= 4 is 5.91 Å². The SMILES string of the molecule is O=C(C1CCCC1)N1CCCC1c1cccc(-n2ccnc2)n1. The minimum absolute atomic E-state index is 0.131. The van der Waals surface area contributed by atoms with Crippen LogP contribution in [0.1, 0.15) is 50.3 Å². The maximum Gasteiger partial charge on any atom is 0.226 e. The van der Waals surface area contributed by atoms with Crippen LogP contribution in [0.2, 0.25) is 0 Å². The van der Waals surface area contributed by atoms with Crippen molar-refractivity contribution in [2.45, 2.75) is 44.6 Å². The second kappa shape index (κ2) is 6.14. The summed E-state index contributed by atoms with van der Waals surface area (Å²) in [6, 6.07) is 6.18. The van der Waals surface area contributed by atoms with Crippen LogP contribution in [0, 0.1) is 5.92 Å². The Balaban J connectivity index is 1.59. The first-order valence-corrected chi connectivity index (χ1v) is 8.59. The van der Waals surface area contributed by atoms with Crippen molar-refractivity contribution in [3.63, 3.8) is 0 Å². The lowest BCUT2D eigenvalue weighted by Gasteiger charge is -2.27. The molecule has 1 aliphatic heterocycles. The number of likely N-dealkylation sites (tertiary alicyclic amines) is 1. The van der Waals surface area contributed by atoms with Gasteiger partial charge in [0.05, 0.1) is 11.7 Å². The third-order valence-electron chi connectivity index (χ3n) is 5.11. The highest BCUT2D eigenvalue weighted by molar-refractivity contribution is 5.79. The van der Waals surface area contributed by atoms with Gasteiger partial charge >= 0.3 is 0 Å². The third-order valence-corrected chi connectivity index (χ3v) is 5.11. The minimum Gasteiger partial charge on any atom is -0.334 e. The van der Waals surface area contributed by atoms with Gasteiger partial charge in [0.2, 0.25) is 5.91 Å². The molecule has 0 aromatic carbocycles. The quantitative estimate of drug-likeness (QED) is 0.875. The summed E-state index contributed by atoms with van der Waals surface area (Å²) in [7, 11) is 0. The summed E-state index contributed by atoms with van der Waals surface area (Å²) >= 11 is 0. The number of carbonyl (C=O) groups is 1. The molecule has 1 atom stereocenters. The number of hydrogen-bond donors (Lipinski definition) is 0. The van der Waals surface area contributed by atoms with Crippen LogP contribution in [0.4, 0.5) is 0 Å². The predicted octanol–water partition coefficient (Wildman–Crippen LogP) is 3.12. The van der Waals surface area contributed by atoms with Gasteiger partial charge in [-0.15, -0.1) is 0 Å². The molecule has 1 saturated carbocycles. The van der Waals surface area contributed by atoms with E-state index < -0.39 is 0 Å². The molecule has 5 nitrogen and oxygen atoms in total. The van der Waals surface area contributed by atoms with Gasteiger partial charge in [-0.2, -0.15) is 0 Å². The number of pyridine rings is 1. The summed E-state index contributed by atoms with van der Waals surface area (Å²) in [5, 5.41) is 0. The lowest BCUT2D eigenvalue weighted by Crippen LogP contribution is -2.35. The van der Waals surface area contributed by atoms with Crippen molar-refractivity contribution < 1.29 is 4.79 Å². The highest BCUT2D eigenvalue weighted by Gasteiger charge is 2.35. The topological polar surface area (TPSA) is 51.0 Å². The van der Waals surface area contributed by atoms with Gasteiger partial charge in [0.1, 0.15) is 12.1 Å². The van der Waals surface area contributed by atoms with Crippen LogP contribution in [-0.2, 0) is 4.79 Å². The van der Waals surface area contributed by atoms with Gasteiger partial charge < -0.3 is 4.90 Å². The Morgan fingerprint density at radius 3 is 2.78 bits per heavy atom. The first kappa shape index (κ1) is 14.4. The Morgan fingerprint density at radius 1 is 1.13 bits per heavy atom.